The number of imide groups is 1. The van der Waals surface area contributed by atoms with Crippen LogP contribution in [0.15, 0.2) is 57.9 Å². The number of rotatable bonds is 5. The second kappa shape index (κ2) is 8.08. The van der Waals surface area contributed by atoms with Crippen LogP contribution in [0.4, 0.5) is 4.79 Å². The van der Waals surface area contributed by atoms with E-state index in [4.69, 9.17) is 16.3 Å². The van der Waals surface area contributed by atoms with Crippen molar-refractivity contribution in [3.63, 3.8) is 0 Å². The number of thioether (sulfide) groups is 1. The normalized spacial score (nSPS) is 15.9. The van der Waals surface area contributed by atoms with Gasteiger partial charge in [-0.1, -0.05) is 57.9 Å². The third-order valence-corrected chi connectivity index (χ3v) is 5.42. The van der Waals surface area contributed by atoms with Crippen LogP contribution >= 0.6 is 39.3 Å². The Morgan fingerprint density at radius 2 is 1.84 bits per heavy atom. The number of amides is 2. The van der Waals surface area contributed by atoms with Crippen LogP contribution in [0.5, 0.6) is 5.75 Å². The first kappa shape index (κ1) is 18.0. The molecule has 1 aliphatic rings. The lowest BCUT2D eigenvalue weighted by atomic mass is 10.2. The fraction of sp³-hybridized carbons (Fsp3) is 0.111. The summed E-state index contributed by atoms with van der Waals surface area (Å²) in [5, 5.41) is 0.191. The molecule has 2 amide bonds. The Balaban J connectivity index is 1.66. The zero-order valence-corrected chi connectivity index (χ0v) is 16.1. The number of para-hydroxylation sites is 1. The van der Waals surface area contributed by atoms with Gasteiger partial charge >= 0.3 is 0 Å². The monoisotopic (exact) mass is 437 g/mol. The smallest absolute Gasteiger partial charge is 0.293 e. The van der Waals surface area contributed by atoms with E-state index in [2.05, 4.69) is 15.9 Å². The molecule has 0 aliphatic carbocycles. The van der Waals surface area contributed by atoms with Gasteiger partial charge in [0.2, 0.25) is 0 Å². The van der Waals surface area contributed by atoms with Crippen molar-refractivity contribution in [2.75, 3.05) is 13.2 Å². The second-order valence-electron chi connectivity index (χ2n) is 5.13. The van der Waals surface area contributed by atoms with E-state index in [1.165, 1.54) is 4.90 Å². The van der Waals surface area contributed by atoms with Crippen molar-refractivity contribution in [2.45, 2.75) is 0 Å². The molecule has 128 valence electrons. The number of carbonyl (C=O) groups excluding carboxylic acids is 2. The predicted molar refractivity (Wildman–Crippen MR) is 104 cm³/mol. The molecule has 1 aliphatic heterocycles. The molecule has 2 aromatic carbocycles. The third-order valence-electron chi connectivity index (χ3n) is 3.47. The maximum absolute atomic E-state index is 12.5. The molecule has 1 heterocycles. The molecule has 0 radical (unpaired) electrons. The zero-order chi connectivity index (χ0) is 17.8. The van der Waals surface area contributed by atoms with Gasteiger partial charge < -0.3 is 4.74 Å². The average molecular weight is 439 g/mol. The Hall–Kier alpha value is -1.76. The summed E-state index contributed by atoms with van der Waals surface area (Å²) in [6.07, 6.45) is 1.71. The summed E-state index contributed by atoms with van der Waals surface area (Å²) in [5.74, 6) is 0.216. The minimum Gasteiger partial charge on any atom is -0.490 e. The third kappa shape index (κ3) is 4.26. The lowest BCUT2D eigenvalue weighted by Crippen LogP contribution is -2.32. The van der Waals surface area contributed by atoms with Crippen molar-refractivity contribution in [2.24, 2.45) is 0 Å². The van der Waals surface area contributed by atoms with Gasteiger partial charge in [-0.3, -0.25) is 14.5 Å². The molecule has 1 fully saturated rings. The molecular weight excluding hydrogens is 426 g/mol. The quantitative estimate of drug-likeness (QED) is 0.601. The first-order valence-electron chi connectivity index (χ1n) is 7.43. The van der Waals surface area contributed by atoms with Gasteiger partial charge in [0.25, 0.3) is 11.1 Å². The summed E-state index contributed by atoms with van der Waals surface area (Å²) in [6, 6.07) is 14.6. The molecule has 0 saturated carbocycles. The Labute approximate surface area is 162 Å². The van der Waals surface area contributed by atoms with E-state index < -0.39 is 0 Å². The summed E-state index contributed by atoms with van der Waals surface area (Å²) >= 11 is 10.4. The molecule has 1 saturated heterocycles. The number of benzene rings is 2. The van der Waals surface area contributed by atoms with Crippen LogP contribution in [0.1, 0.15) is 5.56 Å². The minimum atomic E-state index is -0.312. The van der Waals surface area contributed by atoms with Crippen LogP contribution in [0.25, 0.3) is 6.08 Å². The first-order valence-corrected chi connectivity index (χ1v) is 9.42. The molecule has 7 heteroatoms. The van der Waals surface area contributed by atoms with E-state index >= 15 is 0 Å². The maximum atomic E-state index is 12.5. The molecule has 2 aromatic rings. The van der Waals surface area contributed by atoms with E-state index in [9.17, 15) is 9.59 Å². The standard InChI is InChI=1S/C18H13BrClNO3S/c19-13-6-2-1-5-12(13)11-16-17(22)21(18(23)25-16)9-10-24-15-8-4-3-7-14(15)20/h1-8,11H,9-10H2/b16-11-. The van der Waals surface area contributed by atoms with Gasteiger partial charge in [0.15, 0.2) is 0 Å². The van der Waals surface area contributed by atoms with Crippen molar-refractivity contribution in [1.29, 1.82) is 0 Å². The Morgan fingerprint density at radius 3 is 2.60 bits per heavy atom. The summed E-state index contributed by atoms with van der Waals surface area (Å²) in [5.41, 5.74) is 0.848. The van der Waals surface area contributed by atoms with Crippen LogP contribution < -0.4 is 4.74 Å². The Morgan fingerprint density at radius 1 is 1.12 bits per heavy atom. The Kier molecular flexibility index (Phi) is 5.83. The summed E-state index contributed by atoms with van der Waals surface area (Å²) < 4.78 is 6.42. The number of carbonyl (C=O) groups is 2. The van der Waals surface area contributed by atoms with E-state index in [1.807, 2.05) is 30.3 Å². The molecule has 0 aromatic heterocycles. The lowest BCUT2D eigenvalue weighted by Gasteiger charge is -2.13. The highest BCUT2D eigenvalue weighted by Crippen LogP contribution is 2.33. The maximum Gasteiger partial charge on any atom is 0.293 e. The summed E-state index contributed by atoms with van der Waals surface area (Å²) in [4.78, 5) is 26.2. The van der Waals surface area contributed by atoms with Gasteiger partial charge in [-0.05, 0) is 41.6 Å². The predicted octanol–water partition coefficient (Wildman–Crippen LogP) is 5.22. The van der Waals surface area contributed by atoms with E-state index in [1.54, 1.807) is 24.3 Å². The van der Waals surface area contributed by atoms with Crippen molar-refractivity contribution >= 4 is 56.5 Å². The molecule has 0 unspecified atom stereocenters. The van der Waals surface area contributed by atoms with Crippen LogP contribution in [-0.4, -0.2) is 29.2 Å². The van der Waals surface area contributed by atoms with Crippen LogP contribution in [0, 0.1) is 0 Å². The first-order chi connectivity index (χ1) is 12.1. The molecule has 0 bridgehead atoms. The SMILES string of the molecule is O=C1S/C(=C\c2ccccc2Br)C(=O)N1CCOc1ccccc1Cl. The number of hydrogen-bond donors (Lipinski definition) is 0. The zero-order valence-electron chi connectivity index (χ0n) is 12.9. The van der Waals surface area contributed by atoms with Gasteiger partial charge in [-0.2, -0.15) is 0 Å². The fourth-order valence-electron chi connectivity index (χ4n) is 2.23. The fourth-order valence-corrected chi connectivity index (χ4v) is 3.68. The number of ether oxygens (including phenoxy) is 1. The van der Waals surface area contributed by atoms with Crippen molar-refractivity contribution in [1.82, 2.24) is 4.90 Å². The van der Waals surface area contributed by atoms with Crippen molar-refractivity contribution < 1.29 is 14.3 Å². The van der Waals surface area contributed by atoms with E-state index in [-0.39, 0.29) is 24.3 Å². The highest BCUT2D eigenvalue weighted by molar-refractivity contribution is 9.10. The molecule has 4 nitrogen and oxygen atoms in total. The lowest BCUT2D eigenvalue weighted by molar-refractivity contribution is -0.123. The summed E-state index contributed by atoms with van der Waals surface area (Å²) in [7, 11) is 0. The number of hydrogen-bond acceptors (Lipinski definition) is 4. The highest BCUT2D eigenvalue weighted by Gasteiger charge is 2.34. The van der Waals surface area contributed by atoms with Gasteiger partial charge in [-0.15, -0.1) is 0 Å². The number of nitrogens with zero attached hydrogens (tertiary/aromatic N) is 1. The van der Waals surface area contributed by atoms with Crippen LogP contribution in [0.2, 0.25) is 5.02 Å². The molecular formula is C18H13BrClNO3S. The second-order valence-corrected chi connectivity index (χ2v) is 7.39. The summed E-state index contributed by atoms with van der Waals surface area (Å²) in [6.45, 7) is 0.354. The van der Waals surface area contributed by atoms with Gasteiger partial charge in [0.05, 0.1) is 16.5 Å². The molecule has 0 N–H and O–H groups in total. The Bertz CT molecular complexity index is 856. The average Bonchev–Trinajstić information content (AvgIpc) is 2.86. The van der Waals surface area contributed by atoms with Crippen molar-refractivity contribution in [3.05, 3.63) is 68.5 Å². The topological polar surface area (TPSA) is 46.6 Å². The minimum absolute atomic E-state index is 0.170. The largest absolute Gasteiger partial charge is 0.490 e. The molecule has 0 atom stereocenters. The highest BCUT2D eigenvalue weighted by atomic mass is 79.9. The van der Waals surface area contributed by atoms with E-state index in [0.29, 0.717) is 15.7 Å². The van der Waals surface area contributed by atoms with Crippen LogP contribution in [-0.2, 0) is 4.79 Å². The molecule has 0 spiro atoms. The van der Waals surface area contributed by atoms with Crippen LogP contribution in [0.3, 0.4) is 0 Å². The number of halogens is 2. The molecule has 25 heavy (non-hydrogen) atoms. The van der Waals surface area contributed by atoms with Gasteiger partial charge in [-0.25, -0.2) is 0 Å². The van der Waals surface area contributed by atoms with E-state index in [0.717, 1.165) is 21.8 Å². The van der Waals surface area contributed by atoms with Gasteiger partial charge in [0.1, 0.15) is 12.4 Å². The molecule has 3 rings (SSSR count). The van der Waals surface area contributed by atoms with Gasteiger partial charge in [0, 0.05) is 4.47 Å². The van der Waals surface area contributed by atoms with Crippen molar-refractivity contribution in [3.8, 4) is 5.75 Å².